The fraction of sp³-hybridized carbons (Fsp3) is 0.0870. The minimum atomic E-state index is 0.155. The van der Waals surface area contributed by atoms with Crippen LogP contribution in [0.5, 0.6) is 17.2 Å². The Morgan fingerprint density at radius 1 is 0.906 bits per heavy atom. The van der Waals surface area contributed by atoms with Crippen LogP contribution in [0.3, 0.4) is 0 Å². The van der Waals surface area contributed by atoms with Gasteiger partial charge in [0.2, 0.25) is 12.7 Å². The van der Waals surface area contributed by atoms with Gasteiger partial charge in [0.05, 0.1) is 10.7 Å². The van der Waals surface area contributed by atoms with Crippen molar-refractivity contribution in [1.29, 1.82) is 0 Å². The first-order valence-electron chi connectivity index (χ1n) is 9.82. The molecule has 0 aliphatic carbocycles. The molecular formula is C23H18ClN5O3. The second kappa shape index (κ2) is 8.99. The zero-order valence-electron chi connectivity index (χ0n) is 16.8. The summed E-state index contributed by atoms with van der Waals surface area (Å²) >= 11 is 6.33. The molecule has 5 rings (SSSR count). The number of rotatable bonds is 7. The summed E-state index contributed by atoms with van der Waals surface area (Å²) in [5.74, 6) is 2.93. The lowest BCUT2D eigenvalue weighted by atomic mass is 10.2. The molecule has 0 saturated carbocycles. The fourth-order valence-electron chi connectivity index (χ4n) is 3.09. The highest BCUT2D eigenvalue weighted by Gasteiger charge is 2.21. The van der Waals surface area contributed by atoms with Crippen molar-refractivity contribution in [2.75, 3.05) is 17.4 Å². The summed E-state index contributed by atoms with van der Waals surface area (Å²) in [5.41, 5.74) is 2.29. The molecule has 1 aliphatic heterocycles. The van der Waals surface area contributed by atoms with Gasteiger partial charge in [0.25, 0.3) is 0 Å². The average molecular weight is 448 g/mol. The second-order valence-corrected chi connectivity index (χ2v) is 7.21. The van der Waals surface area contributed by atoms with Gasteiger partial charge in [-0.05, 0) is 54.6 Å². The van der Waals surface area contributed by atoms with E-state index in [2.05, 4.69) is 25.6 Å². The Kier molecular flexibility index (Phi) is 5.59. The highest BCUT2D eigenvalue weighted by Crippen LogP contribution is 2.44. The largest absolute Gasteiger partial charge is 0.487 e. The fourth-order valence-corrected chi connectivity index (χ4v) is 3.28. The van der Waals surface area contributed by atoms with Crippen LogP contribution in [0.1, 0.15) is 5.69 Å². The molecule has 0 atom stereocenters. The van der Waals surface area contributed by atoms with Gasteiger partial charge >= 0.3 is 0 Å². The molecule has 9 heteroatoms. The molecule has 0 amide bonds. The molecule has 160 valence electrons. The van der Waals surface area contributed by atoms with Crippen molar-refractivity contribution in [3.05, 3.63) is 83.8 Å². The number of pyridine rings is 1. The summed E-state index contributed by atoms with van der Waals surface area (Å²) in [6.45, 7) is 0.563. The molecule has 2 aromatic heterocycles. The second-order valence-electron chi connectivity index (χ2n) is 6.81. The number of hydrogen-bond acceptors (Lipinski definition) is 8. The van der Waals surface area contributed by atoms with Crippen LogP contribution in [0, 0.1) is 0 Å². The first-order chi connectivity index (χ1) is 15.7. The van der Waals surface area contributed by atoms with Crippen LogP contribution in [0.25, 0.3) is 0 Å². The van der Waals surface area contributed by atoms with E-state index in [0.29, 0.717) is 40.6 Å². The standard InChI is InChI=1S/C23H18ClN5O3/c24-18-8-9-19-22(32-14-31-19)21(18)28-20-10-12-26-23(29-20)27-15-4-6-17(7-5-15)30-13-16-3-1-2-11-25-16/h1-12H,13-14H2,(H2,26,27,28,29). The number of halogens is 1. The molecular weight excluding hydrogens is 430 g/mol. The topological polar surface area (TPSA) is 90.4 Å². The van der Waals surface area contributed by atoms with Crippen LogP contribution in [0.4, 0.5) is 23.1 Å². The summed E-state index contributed by atoms with van der Waals surface area (Å²) < 4.78 is 16.7. The molecule has 32 heavy (non-hydrogen) atoms. The number of ether oxygens (including phenoxy) is 3. The van der Waals surface area contributed by atoms with Crippen LogP contribution in [-0.4, -0.2) is 21.7 Å². The Morgan fingerprint density at radius 2 is 1.81 bits per heavy atom. The average Bonchev–Trinajstić information content (AvgIpc) is 3.31. The molecule has 0 spiro atoms. The summed E-state index contributed by atoms with van der Waals surface area (Å²) in [4.78, 5) is 13.0. The third-order valence-corrected chi connectivity index (χ3v) is 4.94. The number of aromatic nitrogens is 3. The SMILES string of the molecule is Clc1ccc2c(c1Nc1ccnc(Nc3ccc(OCc4ccccn4)cc3)n1)OCO2. The van der Waals surface area contributed by atoms with Crippen LogP contribution < -0.4 is 24.8 Å². The third kappa shape index (κ3) is 4.50. The maximum Gasteiger partial charge on any atom is 0.231 e. The molecule has 3 heterocycles. The minimum absolute atomic E-state index is 0.155. The van der Waals surface area contributed by atoms with E-state index in [4.69, 9.17) is 25.8 Å². The monoisotopic (exact) mass is 447 g/mol. The van der Waals surface area contributed by atoms with Crippen molar-refractivity contribution >= 4 is 34.7 Å². The molecule has 0 saturated heterocycles. The summed E-state index contributed by atoms with van der Waals surface area (Å²) in [6.07, 6.45) is 3.39. The van der Waals surface area contributed by atoms with Gasteiger partial charge in [0.15, 0.2) is 11.5 Å². The predicted octanol–water partition coefficient (Wildman–Crippen LogP) is 5.32. The van der Waals surface area contributed by atoms with Gasteiger partial charge < -0.3 is 24.8 Å². The van der Waals surface area contributed by atoms with Gasteiger partial charge in [0, 0.05) is 18.1 Å². The molecule has 0 bridgehead atoms. The quantitative estimate of drug-likeness (QED) is 0.393. The van der Waals surface area contributed by atoms with E-state index in [9.17, 15) is 0 Å². The van der Waals surface area contributed by atoms with E-state index < -0.39 is 0 Å². The van der Waals surface area contributed by atoms with Crippen molar-refractivity contribution in [3.63, 3.8) is 0 Å². The van der Waals surface area contributed by atoms with Gasteiger partial charge in [-0.1, -0.05) is 17.7 Å². The molecule has 2 N–H and O–H groups in total. The number of nitrogens with one attached hydrogen (secondary N) is 2. The minimum Gasteiger partial charge on any atom is -0.487 e. The lowest BCUT2D eigenvalue weighted by molar-refractivity contribution is 0.174. The van der Waals surface area contributed by atoms with Gasteiger partial charge in [-0.15, -0.1) is 0 Å². The molecule has 0 fully saturated rings. The van der Waals surface area contributed by atoms with Crippen molar-refractivity contribution in [1.82, 2.24) is 15.0 Å². The predicted molar refractivity (Wildman–Crippen MR) is 121 cm³/mol. The Bertz CT molecular complexity index is 1220. The smallest absolute Gasteiger partial charge is 0.231 e. The molecule has 8 nitrogen and oxygen atoms in total. The van der Waals surface area contributed by atoms with Gasteiger partial charge in [-0.3, -0.25) is 4.98 Å². The van der Waals surface area contributed by atoms with E-state index in [-0.39, 0.29) is 6.79 Å². The molecule has 0 radical (unpaired) electrons. The first-order valence-corrected chi connectivity index (χ1v) is 10.2. The first kappa shape index (κ1) is 19.9. The van der Waals surface area contributed by atoms with E-state index in [0.717, 1.165) is 17.1 Å². The Morgan fingerprint density at radius 3 is 2.66 bits per heavy atom. The van der Waals surface area contributed by atoms with E-state index in [1.807, 2.05) is 42.5 Å². The van der Waals surface area contributed by atoms with E-state index >= 15 is 0 Å². The zero-order valence-corrected chi connectivity index (χ0v) is 17.5. The number of fused-ring (bicyclic) bond motifs is 1. The third-order valence-electron chi connectivity index (χ3n) is 4.62. The summed E-state index contributed by atoms with van der Waals surface area (Å²) in [6, 6.07) is 18.5. The maximum absolute atomic E-state index is 6.33. The highest BCUT2D eigenvalue weighted by atomic mass is 35.5. The molecule has 4 aromatic rings. The number of nitrogens with zero attached hydrogens (tertiary/aromatic N) is 3. The van der Waals surface area contributed by atoms with E-state index in [1.54, 1.807) is 30.6 Å². The Labute approximate surface area is 189 Å². The lowest BCUT2D eigenvalue weighted by Gasteiger charge is -2.12. The van der Waals surface area contributed by atoms with E-state index in [1.165, 1.54) is 0 Å². The molecule has 2 aromatic carbocycles. The number of anilines is 4. The van der Waals surface area contributed by atoms with Gasteiger partial charge in [-0.25, -0.2) is 4.98 Å². The zero-order chi connectivity index (χ0) is 21.8. The van der Waals surface area contributed by atoms with Crippen LogP contribution in [0.15, 0.2) is 73.1 Å². The Balaban J connectivity index is 1.25. The highest BCUT2D eigenvalue weighted by molar-refractivity contribution is 6.33. The number of benzene rings is 2. The lowest BCUT2D eigenvalue weighted by Crippen LogP contribution is -2.02. The molecule has 0 unspecified atom stereocenters. The maximum atomic E-state index is 6.33. The number of hydrogen-bond donors (Lipinski definition) is 2. The van der Waals surface area contributed by atoms with Crippen LogP contribution in [0.2, 0.25) is 5.02 Å². The molecule has 1 aliphatic rings. The van der Waals surface area contributed by atoms with Crippen LogP contribution in [-0.2, 0) is 6.61 Å². The van der Waals surface area contributed by atoms with Crippen molar-refractivity contribution < 1.29 is 14.2 Å². The van der Waals surface area contributed by atoms with Crippen molar-refractivity contribution in [3.8, 4) is 17.2 Å². The normalized spacial score (nSPS) is 11.8. The van der Waals surface area contributed by atoms with Crippen molar-refractivity contribution in [2.24, 2.45) is 0 Å². The van der Waals surface area contributed by atoms with Gasteiger partial charge in [0.1, 0.15) is 23.9 Å². The summed E-state index contributed by atoms with van der Waals surface area (Å²) in [5, 5.41) is 6.87. The Hall–Kier alpha value is -4.04. The van der Waals surface area contributed by atoms with Gasteiger partial charge in [-0.2, -0.15) is 4.98 Å². The van der Waals surface area contributed by atoms with Crippen LogP contribution >= 0.6 is 11.6 Å². The van der Waals surface area contributed by atoms with Crippen molar-refractivity contribution in [2.45, 2.75) is 6.61 Å². The summed E-state index contributed by atoms with van der Waals surface area (Å²) in [7, 11) is 0.